The van der Waals surface area contributed by atoms with Crippen LogP contribution in [0.15, 0.2) is 16.9 Å². The lowest BCUT2D eigenvalue weighted by Crippen LogP contribution is -2.36. The van der Waals surface area contributed by atoms with Gasteiger partial charge in [0.05, 0.1) is 0 Å². The van der Waals surface area contributed by atoms with Gasteiger partial charge in [-0.05, 0) is 6.92 Å². The molecule has 0 aromatic carbocycles. The van der Waals surface area contributed by atoms with E-state index in [4.69, 9.17) is 10.2 Å². The van der Waals surface area contributed by atoms with Crippen LogP contribution in [0.3, 0.4) is 0 Å². The van der Waals surface area contributed by atoms with Gasteiger partial charge >= 0.3 is 0 Å². The van der Waals surface area contributed by atoms with Crippen molar-refractivity contribution in [3.63, 3.8) is 0 Å². The molecule has 1 atom stereocenters. The number of hydrogen-bond donors (Lipinski definition) is 3. The van der Waals surface area contributed by atoms with E-state index in [1.54, 1.807) is 0 Å². The Morgan fingerprint density at radius 2 is 2.42 bits per heavy atom. The van der Waals surface area contributed by atoms with Crippen molar-refractivity contribution in [2.24, 2.45) is 5.10 Å². The minimum Gasteiger partial charge on any atom is -0.507 e. The van der Waals surface area contributed by atoms with E-state index < -0.39 is 6.23 Å². The van der Waals surface area contributed by atoms with Crippen molar-refractivity contribution >= 4 is 5.84 Å². The number of aliphatic hydroxyl groups is 2. The molecule has 3 N–H and O–H groups in total. The van der Waals surface area contributed by atoms with Crippen LogP contribution in [-0.4, -0.2) is 40.8 Å². The SMILES string of the molecule is CCN(C)C1=NNC(O)C(O)=C1. The van der Waals surface area contributed by atoms with Gasteiger partial charge in [-0.2, -0.15) is 5.10 Å². The van der Waals surface area contributed by atoms with E-state index in [-0.39, 0.29) is 5.76 Å². The Morgan fingerprint density at radius 3 is 2.92 bits per heavy atom. The van der Waals surface area contributed by atoms with Gasteiger partial charge in [0.25, 0.3) is 0 Å². The molecule has 0 spiro atoms. The van der Waals surface area contributed by atoms with E-state index in [1.807, 2.05) is 18.9 Å². The van der Waals surface area contributed by atoms with Gasteiger partial charge in [0, 0.05) is 19.7 Å². The average molecular weight is 171 g/mol. The molecular formula is C7H13N3O2. The van der Waals surface area contributed by atoms with Crippen molar-refractivity contribution in [3.8, 4) is 0 Å². The van der Waals surface area contributed by atoms with Crippen molar-refractivity contribution in [2.75, 3.05) is 13.6 Å². The molecule has 0 amide bonds. The van der Waals surface area contributed by atoms with E-state index in [9.17, 15) is 0 Å². The quantitative estimate of drug-likeness (QED) is 0.503. The lowest BCUT2D eigenvalue weighted by atomic mass is 10.3. The average Bonchev–Trinajstić information content (AvgIpc) is 2.08. The molecule has 1 heterocycles. The molecule has 68 valence electrons. The zero-order chi connectivity index (χ0) is 9.14. The largest absolute Gasteiger partial charge is 0.507 e. The number of hydrogen-bond acceptors (Lipinski definition) is 5. The van der Waals surface area contributed by atoms with Crippen LogP contribution in [0.2, 0.25) is 0 Å². The minimum absolute atomic E-state index is 0.111. The molecule has 0 radical (unpaired) electrons. The van der Waals surface area contributed by atoms with E-state index in [0.717, 1.165) is 6.54 Å². The first-order chi connectivity index (χ1) is 5.65. The summed E-state index contributed by atoms with van der Waals surface area (Å²) in [5, 5.41) is 22.0. The third-order valence-corrected chi connectivity index (χ3v) is 1.72. The molecule has 0 aliphatic carbocycles. The summed E-state index contributed by atoms with van der Waals surface area (Å²) in [4.78, 5) is 1.84. The smallest absolute Gasteiger partial charge is 0.198 e. The van der Waals surface area contributed by atoms with Crippen molar-refractivity contribution < 1.29 is 10.2 Å². The van der Waals surface area contributed by atoms with Gasteiger partial charge in [-0.1, -0.05) is 0 Å². The van der Waals surface area contributed by atoms with Crippen molar-refractivity contribution in [2.45, 2.75) is 13.2 Å². The summed E-state index contributed by atoms with van der Waals surface area (Å²) in [6.07, 6.45) is 0.365. The number of nitrogens with zero attached hydrogens (tertiary/aromatic N) is 2. The fourth-order valence-corrected chi connectivity index (χ4v) is 0.794. The minimum atomic E-state index is -1.07. The fourth-order valence-electron chi connectivity index (χ4n) is 0.794. The third kappa shape index (κ3) is 1.68. The summed E-state index contributed by atoms with van der Waals surface area (Å²) < 4.78 is 0. The molecule has 0 saturated heterocycles. The van der Waals surface area contributed by atoms with Gasteiger partial charge < -0.3 is 15.1 Å². The number of amidine groups is 1. The molecule has 0 aromatic heterocycles. The highest BCUT2D eigenvalue weighted by Gasteiger charge is 2.15. The van der Waals surface area contributed by atoms with Gasteiger partial charge in [-0.3, -0.25) is 5.43 Å². The topological polar surface area (TPSA) is 68.1 Å². The van der Waals surface area contributed by atoms with Crippen LogP contribution in [0.1, 0.15) is 6.92 Å². The van der Waals surface area contributed by atoms with Crippen LogP contribution in [0.4, 0.5) is 0 Å². The third-order valence-electron chi connectivity index (χ3n) is 1.72. The van der Waals surface area contributed by atoms with Crippen LogP contribution in [0.25, 0.3) is 0 Å². The molecule has 12 heavy (non-hydrogen) atoms. The molecule has 0 aromatic rings. The summed E-state index contributed by atoms with van der Waals surface area (Å²) >= 11 is 0. The number of hydrazone groups is 1. The van der Waals surface area contributed by atoms with E-state index in [0.29, 0.717) is 5.84 Å². The zero-order valence-electron chi connectivity index (χ0n) is 7.15. The Bertz CT molecular complexity index is 225. The molecule has 1 aliphatic rings. The van der Waals surface area contributed by atoms with Gasteiger partial charge in [-0.25, -0.2) is 0 Å². The second-order valence-corrected chi connectivity index (χ2v) is 2.59. The van der Waals surface area contributed by atoms with E-state index >= 15 is 0 Å². The van der Waals surface area contributed by atoms with Crippen LogP contribution < -0.4 is 5.43 Å². The molecule has 0 fully saturated rings. The van der Waals surface area contributed by atoms with Crippen molar-refractivity contribution in [1.29, 1.82) is 0 Å². The first kappa shape index (κ1) is 8.86. The maximum atomic E-state index is 9.13. The summed E-state index contributed by atoms with van der Waals surface area (Å²) in [7, 11) is 1.85. The predicted molar refractivity (Wildman–Crippen MR) is 45.6 cm³/mol. The van der Waals surface area contributed by atoms with Crippen LogP contribution in [-0.2, 0) is 0 Å². The number of rotatable bonds is 1. The maximum Gasteiger partial charge on any atom is 0.198 e. The highest BCUT2D eigenvalue weighted by Crippen LogP contribution is 2.03. The molecule has 1 rings (SSSR count). The molecule has 5 heteroatoms. The summed E-state index contributed by atoms with van der Waals surface area (Å²) in [6.45, 7) is 2.76. The normalized spacial score (nSPS) is 22.4. The van der Waals surface area contributed by atoms with Gasteiger partial charge in [0.2, 0.25) is 0 Å². The molecule has 5 nitrogen and oxygen atoms in total. The molecular weight excluding hydrogens is 158 g/mol. The number of nitrogens with one attached hydrogen (secondary N) is 1. The molecule has 0 saturated carbocycles. The number of likely N-dealkylation sites (N-methyl/N-ethyl adjacent to an activating group) is 1. The van der Waals surface area contributed by atoms with Gasteiger partial charge in [0.1, 0.15) is 5.76 Å². The second kappa shape index (κ2) is 3.44. The Labute approximate surface area is 71.0 Å². The fraction of sp³-hybridized carbons (Fsp3) is 0.571. The number of aliphatic hydroxyl groups excluding tert-OH is 2. The predicted octanol–water partition coefficient (Wildman–Crippen LogP) is -0.385. The van der Waals surface area contributed by atoms with Crippen LogP contribution in [0.5, 0.6) is 0 Å². The Morgan fingerprint density at radius 1 is 1.75 bits per heavy atom. The Balaban J connectivity index is 2.71. The molecule has 1 unspecified atom stereocenters. The first-order valence-corrected chi connectivity index (χ1v) is 3.78. The summed E-state index contributed by atoms with van der Waals surface area (Å²) in [5.41, 5.74) is 2.38. The molecule has 0 bridgehead atoms. The summed E-state index contributed by atoms with van der Waals surface area (Å²) in [6, 6.07) is 0. The molecule has 1 aliphatic heterocycles. The maximum absolute atomic E-state index is 9.13. The second-order valence-electron chi connectivity index (χ2n) is 2.59. The van der Waals surface area contributed by atoms with E-state index in [2.05, 4.69) is 10.5 Å². The van der Waals surface area contributed by atoms with Gasteiger partial charge in [-0.15, -0.1) is 0 Å². The lowest BCUT2D eigenvalue weighted by Gasteiger charge is -2.22. The lowest BCUT2D eigenvalue weighted by molar-refractivity contribution is 0.120. The first-order valence-electron chi connectivity index (χ1n) is 3.78. The van der Waals surface area contributed by atoms with Gasteiger partial charge in [0.15, 0.2) is 12.1 Å². The van der Waals surface area contributed by atoms with E-state index in [1.165, 1.54) is 6.08 Å². The zero-order valence-corrected chi connectivity index (χ0v) is 7.15. The monoisotopic (exact) mass is 171 g/mol. The van der Waals surface area contributed by atoms with Crippen molar-refractivity contribution in [3.05, 3.63) is 11.8 Å². The Kier molecular flexibility index (Phi) is 2.54. The van der Waals surface area contributed by atoms with Crippen LogP contribution in [0, 0.1) is 0 Å². The highest BCUT2D eigenvalue weighted by molar-refractivity contribution is 5.93. The standard InChI is InChI=1S/C7H13N3O2/c1-3-10(2)6-4-5(11)7(12)9-8-6/h4,7,9,11-12H,3H2,1-2H3. The van der Waals surface area contributed by atoms with Crippen molar-refractivity contribution in [1.82, 2.24) is 10.3 Å². The Hall–Kier alpha value is -1.23. The van der Waals surface area contributed by atoms with Crippen LogP contribution >= 0.6 is 0 Å². The highest BCUT2D eigenvalue weighted by atomic mass is 16.3. The summed E-state index contributed by atoms with van der Waals surface area (Å²) in [5.74, 6) is 0.501.